The number of nitrogens with two attached hydrogens (primary N) is 1. The molecule has 0 aromatic rings. The SMILES string of the molecule is CC(=O)[O-].CC(=O)[O-].CCCCCCN.[Cu+2]. The van der Waals surface area contributed by atoms with E-state index < -0.39 is 11.9 Å². The van der Waals surface area contributed by atoms with E-state index in [0.29, 0.717) is 0 Å². The van der Waals surface area contributed by atoms with Crippen molar-refractivity contribution in [3.05, 3.63) is 0 Å². The number of carbonyl (C=O) groups excluding carboxylic acids is 2. The summed E-state index contributed by atoms with van der Waals surface area (Å²) in [6.07, 6.45) is 5.16. The summed E-state index contributed by atoms with van der Waals surface area (Å²) in [4.78, 5) is 17.8. The predicted molar refractivity (Wildman–Crippen MR) is 54.6 cm³/mol. The van der Waals surface area contributed by atoms with E-state index in [1.54, 1.807) is 0 Å². The van der Waals surface area contributed by atoms with Gasteiger partial charge in [-0.25, -0.2) is 0 Å². The van der Waals surface area contributed by atoms with Gasteiger partial charge in [-0.05, 0) is 26.8 Å². The molecule has 0 aliphatic carbocycles. The molecule has 0 heterocycles. The van der Waals surface area contributed by atoms with E-state index in [0.717, 1.165) is 20.4 Å². The molecule has 0 aliphatic rings. The zero-order chi connectivity index (χ0) is 12.7. The van der Waals surface area contributed by atoms with E-state index in [1.807, 2.05) is 0 Å². The summed E-state index contributed by atoms with van der Waals surface area (Å²) in [6.45, 7) is 5.01. The Hall–Kier alpha value is -0.581. The maximum absolute atomic E-state index is 8.89. The van der Waals surface area contributed by atoms with Gasteiger partial charge in [-0.3, -0.25) is 0 Å². The van der Waals surface area contributed by atoms with E-state index in [9.17, 15) is 0 Å². The van der Waals surface area contributed by atoms with Gasteiger partial charge in [0.15, 0.2) is 0 Å². The number of unbranched alkanes of at least 4 members (excludes halogenated alkanes) is 3. The van der Waals surface area contributed by atoms with Gasteiger partial charge in [0.2, 0.25) is 0 Å². The molecule has 101 valence electrons. The van der Waals surface area contributed by atoms with Gasteiger partial charge < -0.3 is 25.5 Å². The molecule has 16 heavy (non-hydrogen) atoms. The number of carbonyl (C=O) groups is 2. The monoisotopic (exact) mass is 282 g/mol. The summed E-state index contributed by atoms with van der Waals surface area (Å²) in [5.41, 5.74) is 5.27. The summed E-state index contributed by atoms with van der Waals surface area (Å²) in [5.74, 6) is -2.17. The molecule has 0 aromatic heterocycles. The van der Waals surface area contributed by atoms with Gasteiger partial charge in [-0.1, -0.05) is 26.2 Å². The van der Waals surface area contributed by atoms with Gasteiger partial charge in [0.25, 0.3) is 0 Å². The Balaban J connectivity index is -0.0000000700. The molecule has 0 unspecified atom stereocenters. The Labute approximate surface area is 108 Å². The topological polar surface area (TPSA) is 106 Å². The van der Waals surface area contributed by atoms with Gasteiger partial charge in [0.1, 0.15) is 0 Å². The molecule has 5 nitrogen and oxygen atoms in total. The molecule has 0 bridgehead atoms. The van der Waals surface area contributed by atoms with Crippen LogP contribution in [0, 0.1) is 0 Å². The molecule has 1 radical (unpaired) electrons. The fourth-order valence-corrected chi connectivity index (χ4v) is 0.571. The van der Waals surface area contributed by atoms with Gasteiger partial charge in [0.05, 0.1) is 0 Å². The zero-order valence-corrected chi connectivity index (χ0v) is 11.0. The maximum atomic E-state index is 8.89. The average molecular weight is 283 g/mol. The van der Waals surface area contributed by atoms with Crippen LogP contribution >= 0.6 is 0 Å². The predicted octanol–water partition coefficient (Wildman–Crippen LogP) is -0.965. The van der Waals surface area contributed by atoms with E-state index in [-0.39, 0.29) is 17.1 Å². The van der Waals surface area contributed by atoms with Crippen LogP contribution in [-0.2, 0) is 26.7 Å². The number of carboxylic acids is 2. The van der Waals surface area contributed by atoms with Gasteiger partial charge in [-0.2, -0.15) is 0 Å². The molecule has 0 saturated carbocycles. The Bertz CT molecular complexity index is 130. The van der Waals surface area contributed by atoms with Crippen molar-refractivity contribution in [1.82, 2.24) is 0 Å². The summed E-state index contributed by atoms with van der Waals surface area (Å²) >= 11 is 0. The Morgan fingerprint density at radius 1 is 1.00 bits per heavy atom. The van der Waals surface area contributed by atoms with E-state index in [2.05, 4.69) is 6.92 Å². The van der Waals surface area contributed by atoms with E-state index in [1.165, 1.54) is 25.7 Å². The van der Waals surface area contributed by atoms with Crippen molar-refractivity contribution >= 4 is 11.9 Å². The van der Waals surface area contributed by atoms with Gasteiger partial charge >= 0.3 is 17.1 Å². The van der Waals surface area contributed by atoms with Crippen LogP contribution in [0.25, 0.3) is 0 Å². The second-order valence-corrected chi connectivity index (χ2v) is 2.83. The number of hydrogen-bond donors (Lipinski definition) is 1. The molecule has 0 spiro atoms. The molecule has 0 amide bonds. The number of aliphatic carboxylic acids is 2. The summed E-state index contributed by atoms with van der Waals surface area (Å²) < 4.78 is 0. The second kappa shape index (κ2) is 23.9. The minimum atomic E-state index is -1.08. The van der Waals surface area contributed by atoms with Crippen LogP contribution in [0.15, 0.2) is 0 Å². The van der Waals surface area contributed by atoms with Crippen molar-refractivity contribution in [2.45, 2.75) is 46.5 Å². The van der Waals surface area contributed by atoms with Crippen molar-refractivity contribution in [3.8, 4) is 0 Å². The quantitative estimate of drug-likeness (QED) is 0.528. The van der Waals surface area contributed by atoms with Crippen molar-refractivity contribution in [1.29, 1.82) is 0 Å². The van der Waals surface area contributed by atoms with Crippen molar-refractivity contribution in [3.63, 3.8) is 0 Å². The van der Waals surface area contributed by atoms with Crippen LogP contribution in [-0.4, -0.2) is 18.5 Å². The van der Waals surface area contributed by atoms with E-state index in [4.69, 9.17) is 25.5 Å². The van der Waals surface area contributed by atoms with Gasteiger partial charge in [-0.15, -0.1) is 0 Å². The van der Waals surface area contributed by atoms with Gasteiger partial charge in [0, 0.05) is 11.9 Å². The number of carboxylic acid groups (broad SMARTS) is 2. The molecule has 0 aromatic carbocycles. The third-order valence-electron chi connectivity index (χ3n) is 1.06. The van der Waals surface area contributed by atoms with Crippen LogP contribution in [0.1, 0.15) is 46.5 Å². The standard InChI is InChI=1S/C6H15N.2C2H4O2.Cu/c1-2-3-4-5-6-7;2*1-2(3)4;/h2-7H2,1H3;2*1H3,(H,3,4);/q;;;+2/p-2. The minimum Gasteiger partial charge on any atom is -0.550 e. The summed E-state index contributed by atoms with van der Waals surface area (Å²) in [7, 11) is 0. The normalized spacial score (nSPS) is 7.25. The van der Waals surface area contributed by atoms with Crippen LogP contribution in [0.3, 0.4) is 0 Å². The van der Waals surface area contributed by atoms with Crippen molar-refractivity contribution < 1.29 is 36.9 Å². The third-order valence-corrected chi connectivity index (χ3v) is 1.06. The van der Waals surface area contributed by atoms with Crippen molar-refractivity contribution in [2.75, 3.05) is 6.54 Å². The summed E-state index contributed by atoms with van der Waals surface area (Å²) in [6, 6.07) is 0. The first-order valence-corrected chi connectivity index (χ1v) is 4.93. The largest absolute Gasteiger partial charge is 2.00 e. The average Bonchev–Trinajstić information content (AvgIpc) is 2.03. The smallest absolute Gasteiger partial charge is 0.550 e. The fraction of sp³-hybridized carbons (Fsp3) is 0.800. The third kappa shape index (κ3) is 177. The first-order valence-electron chi connectivity index (χ1n) is 4.93. The summed E-state index contributed by atoms with van der Waals surface area (Å²) in [5, 5.41) is 17.8. The molecule has 0 atom stereocenters. The molecule has 0 aliphatic heterocycles. The second-order valence-electron chi connectivity index (χ2n) is 2.83. The Morgan fingerprint density at radius 3 is 1.50 bits per heavy atom. The van der Waals surface area contributed by atoms with Crippen molar-refractivity contribution in [2.24, 2.45) is 5.73 Å². The van der Waals surface area contributed by atoms with Crippen LogP contribution in [0.2, 0.25) is 0 Å². The molecule has 6 heteroatoms. The van der Waals surface area contributed by atoms with Crippen LogP contribution < -0.4 is 15.9 Å². The number of rotatable bonds is 4. The molecule has 2 N–H and O–H groups in total. The molecule has 0 rings (SSSR count). The Morgan fingerprint density at radius 2 is 1.31 bits per heavy atom. The molecule has 0 saturated heterocycles. The first kappa shape index (κ1) is 24.6. The van der Waals surface area contributed by atoms with Crippen LogP contribution in [0.4, 0.5) is 0 Å². The van der Waals surface area contributed by atoms with Crippen LogP contribution in [0.5, 0.6) is 0 Å². The molecular weight excluding hydrogens is 262 g/mol. The first-order chi connectivity index (χ1) is 6.88. The Kier molecular flexibility index (Phi) is 36.8. The minimum absolute atomic E-state index is 0. The fourth-order valence-electron chi connectivity index (χ4n) is 0.571. The zero-order valence-electron chi connectivity index (χ0n) is 10.0. The van der Waals surface area contributed by atoms with E-state index >= 15 is 0 Å². The molecule has 0 fully saturated rings. The maximum Gasteiger partial charge on any atom is 2.00 e. The number of hydrogen-bond acceptors (Lipinski definition) is 5. The molecular formula is C10H21CuNO4.